The van der Waals surface area contributed by atoms with E-state index >= 15 is 0 Å². The van der Waals surface area contributed by atoms with E-state index in [1.54, 1.807) is 36.4 Å². The molecule has 2 N–H and O–H groups in total. The molecule has 21 heavy (non-hydrogen) atoms. The van der Waals surface area contributed by atoms with Gasteiger partial charge in [-0.2, -0.15) is 0 Å². The lowest BCUT2D eigenvalue weighted by atomic mass is 10.2. The minimum atomic E-state index is -3.43. The number of carbonyl (C=O) groups is 1. The SMILES string of the molecule is CS(=O)(=O)Nc1ccccc1NC(=O)c1ccc(Br)nc1. The first kappa shape index (κ1) is 15.5. The van der Waals surface area contributed by atoms with Gasteiger partial charge in [0.05, 0.1) is 23.2 Å². The summed E-state index contributed by atoms with van der Waals surface area (Å²) in [4.78, 5) is 16.1. The summed E-state index contributed by atoms with van der Waals surface area (Å²) < 4.78 is 25.6. The van der Waals surface area contributed by atoms with Gasteiger partial charge >= 0.3 is 0 Å². The molecule has 0 fully saturated rings. The summed E-state index contributed by atoms with van der Waals surface area (Å²) in [5, 5.41) is 2.65. The molecule has 0 aliphatic heterocycles. The number of benzene rings is 1. The lowest BCUT2D eigenvalue weighted by Gasteiger charge is -2.11. The van der Waals surface area contributed by atoms with Gasteiger partial charge in [-0.1, -0.05) is 12.1 Å². The quantitative estimate of drug-likeness (QED) is 0.810. The number of nitrogens with one attached hydrogen (secondary N) is 2. The maximum Gasteiger partial charge on any atom is 0.257 e. The summed E-state index contributed by atoms with van der Waals surface area (Å²) in [7, 11) is -3.43. The van der Waals surface area contributed by atoms with E-state index in [0.29, 0.717) is 21.5 Å². The van der Waals surface area contributed by atoms with Gasteiger partial charge in [-0.05, 0) is 40.2 Å². The van der Waals surface area contributed by atoms with E-state index in [0.717, 1.165) is 6.26 Å². The predicted molar refractivity (Wildman–Crippen MR) is 84.8 cm³/mol. The molecular formula is C13H12BrN3O3S. The number of anilines is 2. The predicted octanol–water partition coefficient (Wildman–Crippen LogP) is 2.47. The fraction of sp³-hybridized carbons (Fsp3) is 0.0769. The van der Waals surface area contributed by atoms with Crippen molar-refractivity contribution in [2.45, 2.75) is 0 Å². The Morgan fingerprint density at radius 3 is 2.38 bits per heavy atom. The average Bonchev–Trinajstić information content (AvgIpc) is 2.40. The largest absolute Gasteiger partial charge is 0.320 e. The number of pyridine rings is 1. The van der Waals surface area contributed by atoms with Crippen LogP contribution in [0, 0.1) is 0 Å². The van der Waals surface area contributed by atoms with E-state index in [4.69, 9.17) is 0 Å². The van der Waals surface area contributed by atoms with Crippen LogP contribution in [-0.4, -0.2) is 25.6 Å². The number of para-hydroxylation sites is 2. The van der Waals surface area contributed by atoms with E-state index in [1.165, 1.54) is 6.20 Å². The van der Waals surface area contributed by atoms with Crippen molar-refractivity contribution >= 4 is 43.2 Å². The average molecular weight is 370 g/mol. The third kappa shape index (κ3) is 4.54. The van der Waals surface area contributed by atoms with Crippen LogP contribution in [0.3, 0.4) is 0 Å². The molecule has 1 aromatic heterocycles. The van der Waals surface area contributed by atoms with Crippen LogP contribution < -0.4 is 10.0 Å². The van der Waals surface area contributed by atoms with Crippen LogP contribution in [0.5, 0.6) is 0 Å². The number of hydrogen-bond acceptors (Lipinski definition) is 4. The molecule has 6 nitrogen and oxygen atoms in total. The standard InChI is InChI=1S/C13H12BrN3O3S/c1-21(19,20)17-11-5-3-2-4-10(11)16-13(18)9-6-7-12(14)15-8-9/h2-8,17H,1H3,(H,16,18). The number of aromatic nitrogens is 1. The molecule has 8 heteroatoms. The topological polar surface area (TPSA) is 88.2 Å². The highest BCUT2D eigenvalue weighted by Gasteiger charge is 2.11. The normalized spacial score (nSPS) is 11.0. The molecule has 0 atom stereocenters. The van der Waals surface area contributed by atoms with Gasteiger partial charge in [-0.3, -0.25) is 9.52 Å². The van der Waals surface area contributed by atoms with Crippen LogP contribution in [-0.2, 0) is 10.0 Å². The highest BCUT2D eigenvalue weighted by molar-refractivity contribution is 9.10. The minimum Gasteiger partial charge on any atom is -0.320 e. The van der Waals surface area contributed by atoms with Gasteiger partial charge in [0, 0.05) is 6.20 Å². The van der Waals surface area contributed by atoms with Crippen molar-refractivity contribution in [2.75, 3.05) is 16.3 Å². The first-order valence-corrected chi connectivity index (χ1v) is 8.53. The molecule has 0 saturated carbocycles. The number of nitrogens with zero attached hydrogens (tertiary/aromatic N) is 1. The summed E-state index contributed by atoms with van der Waals surface area (Å²) in [6, 6.07) is 9.80. The van der Waals surface area contributed by atoms with Gasteiger partial charge < -0.3 is 5.32 Å². The van der Waals surface area contributed by atoms with Crippen molar-refractivity contribution in [1.82, 2.24) is 4.98 Å². The van der Waals surface area contributed by atoms with Crippen LogP contribution in [0.1, 0.15) is 10.4 Å². The molecule has 110 valence electrons. The molecule has 0 aliphatic carbocycles. The Morgan fingerprint density at radius 1 is 1.14 bits per heavy atom. The third-order valence-corrected chi connectivity index (χ3v) is 3.52. The van der Waals surface area contributed by atoms with Crippen molar-refractivity contribution < 1.29 is 13.2 Å². The second kappa shape index (κ2) is 6.23. The number of amides is 1. The summed E-state index contributed by atoms with van der Waals surface area (Å²) in [6.45, 7) is 0. The molecule has 2 rings (SSSR count). The van der Waals surface area contributed by atoms with Crippen molar-refractivity contribution in [2.24, 2.45) is 0 Å². The first-order chi connectivity index (χ1) is 9.85. The van der Waals surface area contributed by atoms with Gasteiger partial charge in [0.25, 0.3) is 5.91 Å². The molecule has 1 heterocycles. The lowest BCUT2D eigenvalue weighted by molar-refractivity contribution is 0.102. The van der Waals surface area contributed by atoms with Gasteiger partial charge in [0.15, 0.2) is 0 Å². The zero-order valence-electron chi connectivity index (χ0n) is 11.0. The number of carbonyl (C=O) groups excluding carboxylic acids is 1. The van der Waals surface area contributed by atoms with Gasteiger partial charge in [-0.15, -0.1) is 0 Å². The third-order valence-electron chi connectivity index (χ3n) is 2.46. The molecule has 0 radical (unpaired) electrons. The Bertz CT molecular complexity index is 760. The Kier molecular flexibility index (Phi) is 4.59. The molecule has 0 spiro atoms. The maximum atomic E-state index is 12.1. The fourth-order valence-corrected chi connectivity index (χ4v) is 2.40. The summed E-state index contributed by atoms with van der Waals surface area (Å²) >= 11 is 3.19. The van der Waals surface area contributed by atoms with Crippen molar-refractivity contribution in [3.05, 3.63) is 52.8 Å². The molecule has 0 aliphatic rings. The van der Waals surface area contributed by atoms with Gasteiger partial charge in [0.1, 0.15) is 4.60 Å². The summed E-state index contributed by atoms with van der Waals surface area (Å²) in [5.41, 5.74) is 1.04. The number of rotatable bonds is 4. The van der Waals surface area contributed by atoms with Crippen LogP contribution in [0.2, 0.25) is 0 Å². The number of hydrogen-bond donors (Lipinski definition) is 2. The second-order valence-electron chi connectivity index (χ2n) is 4.24. The molecule has 1 aromatic carbocycles. The Hall–Kier alpha value is -1.93. The maximum absolute atomic E-state index is 12.1. The zero-order valence-corrected chi connectivity index (χ0v) is 13.4. The smallest absolute Gasteiger partial charge is 0.257 e. The Morgan fingerprint density at radius 2 is 1.81 bits per heavy atom. The number of sulfonamides is 1. The van der Waals surface area contributed by atoms with E-state index in [2.05, 4.69) is 31.0 Å². The van der Waals surface area contributed by atoms with Crippen molar-refractivity contribution in [3.63, 3.8) is 0 Å². The van der Waals surface area contributed by atoms with Crippen LogP contribution in [0.25, 0.3) is 0 Å². The molecular weight excluding hydrogens is 358 g/mol. The molecule has 2 aromatic rings. The molecule has 0 unspecified atom stereocenters. The molecule has 0 bridgehead atoms. The van der Waals surface area contributed by atoms with Gasteiger partial charge in [-0.25, -0.2) is 13.4 Å². The Balaban J connectivity index is 2.23. The fourth-order valence-electron chi connectivity index (χ4n) is 1.59. The zero-order chi connectivity index (χ0) is 15.5. The van der Waals surface area contributed by atoms with E-state index < -0.39 is 10.0 Å². The lowest BCUT2D eigenvalue weighted by Crippen LogP contribution is -2.16. The van der Waals surface area contributed by atoms with Crippen LogP contribution in [0.15, 0.2) is 47.2 Å². The van der Waals surface area contributed by atoms with E-state index in [1.807, 2.05) is 0 Å². The first-order valence-electron chi connectivity index (χ1n) is 5.85. The summed E-state index contributed by atoms with van der Waals surface area (Å²) in [5.74, 6) is -0.377. The van der Waals surface area contributed by atoms with Crippen molar-refractivity contribution in [1.29, 1.82) is 0 Å². The van der Waals surface area contributed by atoms with E-state index in [-0.39, 0.29) is 5.91 Å². The van der Waals surface area contributed by atoms with Crippen molar-refractivity contribution in [3.8, 4) is 0 Å². The second-order valence-corrected chi connectivity index (χ2v) is 6.80. The van der Waals surface area contributed by atoms with Gasteiger partial charge in [0.2, 0.25) is 10.0 Å². The molecule has 1 amide bonds. The Labute approximate surface area is 130 Å². The molecule has 0 saturated heterocycles. The van der Waals surface area contributed by atoms with Crippen LogP contribution in [0.4, 0.5) is 11.4 Å². The summed E-state index contributed by atoms with van der Waals surface area (Å²) in [6.07, 6.45) is 2.47. The highest BCUT2D eigenvalue weighted by atomic mass is 79.9. The monoisotopic (exact) mass is 369 g/mol. The van der Waals surface area contributed by atoms with E-state index in [9.17, 15) is 13.2 Å². The minimum absolute atomic E-state index is 0.304. The number of halogens is 1. The highest BCUT2D eigenvalue weighted by Crippen LogP contribution is 2.22. The van der Waals surface area contributed by atoms with Crippen LogP contribution >= 0.6 is 15.9 Å².